The molecule has 156 valence electrons. The van der Waals surface area contributed by atoms with Gasteiger partial charge in [0.2, 0.25) is 5.91 Å². The van der Waals surface area contributed by atoms with Gasteiger partial charge < -0.3 is 19.5 Å². The van der Waals surface area contributed by atoms with E-state index in [9.17, 15) is 9.90 Å². The zero-order chi connectivity index (χ0) is 20.1. The second-order valence-electron chi connectivity index (χ2n) is 8.17. The average molecular weight is 391 g/mol. The minimum Gasteiger partial charge on any atom is -0.497 e. The van der Waals surface area contributed by atoms with Crippen LogP contribution in [0.25, 0.3) is 0 Å². The van der Waals surface area contributed by atoms with E-state index in [1.165, 1.54) is 19.3 Å². The van der Waals surface area contributed by atoms with Gasteiger partial charge in [-0.25, -0.2) is 0 Å². The molecule has 2 fully saturated rings. The van der Waals surface area contributed by atoms with Gasteiger partial charge in [-0.3, -0.25) is 9.69 Å². The summed E-state index contributed by atoms with van der Waals surface area (Å²) in [5.74, 6) is 1.54. The number of likely N-dealkylation sites (N-methyl/N-ethyl adjacent to an activating group) is 1. The van der Waals surface area contributed by atoms with E-state index in [2.05, 4.69) is 4.90 Å². The Hall–Kier alpha value is -1.79. The zero-order valence-electron chi connectivity index (χ0n) is 17.4. The highest BCUT2D eigenvalue weighted by Gasteiger charge is 2.37. The third-order valence-corrected chi connectivity index (χ3v) is 6.47. The third kappa shape index (κ3) is 4.61. The van der Waals surface area contributed by atoms with Crippen LogP contribution in [0.3, 0.4) is 0 Å². The van der Waals surface area contributed by atoms with Crippen LogP contribution in [0.15, 0.2) is 18.2 Å². The van der Waals surface area contributed by atoms with Crippen LogP contribution in [0, 0.1) is 0 Å². The van der Waals surface area contributed by atoms with Crippen LogP contribution in [0.1, 0.15) is 50.5 Å². The molecule has 1 aliphatic heterocycles. The molecule has 1 aromatic carbocycles. The van der Waals surface area contributed by atoms with Gasteiger partial charge in [-0.1, -0.05) is 19.3 Å². The highest BCUT2D eigenvalue weighted by atomic mass is 16.5. The van der Waals surface area contributed by atoms with E-state index in [0.717, 1.165) is 18.4 Å². The quantitative estimate of drug-likeness (QED) is 0.809. The topological polar surface area (TPSA) is 62.2 Å². The molecule has 0 aromatic heterocycles. The predicted octanol–water partition coefficient (Wildman–Crippen LogP) is 2.78. The van der Waals surface area contributed by atoms with Gasteiger partial charge in [0.1, 0.15) is 11.5 Å². The number of hydrogen-bond acceptors (Lipinski definition) is 5. The smallest absolute Gasteiger partial charge is 0.236 e. The van der Waals surface area contributed by atoms with Crippen molar-refractivity contribution in [2.24, 2.45) is 0 Å². The van der Waals surface area contributed by atoms with Gasteiger partial charge in [0.15, 0.2) is 0 Å². The van der Waals surface area contributed by atoms with Crippen molar-refractivity contribution in [3.63, 3.8) is 0 Å². The van der Waals surface area contributed by atoms with Crippen molar-refractivity contribution in [1.82, 2.24) is 9.80 Å². The third-order valence-electron chi connectivity index (χ3n) is 6.47. The Balaban J connectivity index is 1.58. The minimum atomic E-state index is -0.938. The second-order valence-corrected chi connectivity index (χ2v) is 8.17. The van der Waals surface area contributed by atoms with E-state index in [1.54, 1.807) is 14.2 Å². The molecule has 0 bridgehead atoms. The Kier molecular flexibility index (Phi) is 6.83. The van der Waals surface area contributed by atoms with E-state index in [0.29, 0.717) is 50.0 Å². The standard InChI is InChI=1S/C22H34N2O4/c1-23(17-7-5-4-6-8-17)21(25)16-24-13-11-22(26,12-14-24)19-10-9-18(27-2)15-20(19)28-3/h9-10,15,17,26H,4-8,11-14,16H2,1-3H3. The summed E-state index contributed by atoms with van der Waals surface area (Å²) in [5.41, 5.74) is -0.145. The number of benzene rings is 1. The fourth-order valence-electron chi connectivity index (χ4n) is 4.51. The van der Waals surface area contributed by atoms with Gasteiger partial charge in [0.25, 0.3) is 0 Å². The van der Waals surface area contributed by atoms with E-state index >= 15 is 0 Å². The van der Waals surface area contributed by atoms with Crippen LogP contribution >= 0.6 is 0 Å². The van der Waals surface area contributed by atoms with Crippen molar-refractivity contribution in [3.8, 4) is 11.5 Å². The molecule has 0 unspecified atom stereocenters. The molecule has 0 radical (unpaired) electrons. The first kappa shape index (κ1) is 20.9. The number of piperidine rings is 1. The molecule has 28 heavy (non-hydrogen) atoms. The molecule has 2 aliphatic rings. The molecule has 1 heterocycles. The summed E-state index contributed by atoms with van der Waals surface area (Å²) in [4.78, 5) is 16.8. The molecule has 1 saturated heterocycles. The molecule has 1 aromatic rings. The number of carbonyl (C=O) groups excluding carboxylic acids is 1. The van der Waals surface area contributed by atoms with Crippen molar-refractivity contribution >= 4 is 5.91 Å². The van der Waals surface area contributed by atoms with Crippen LogP contribution in [0.4, 0.5) is 0 Å². The molecular formula is C22H34N2O4. The maximum Gasteiger partial charge on any atom is 0.236 e. The lowest BCUT2D eigenvalue weighted by Crippen LogP contribution is -2.48. The first-order valence-electron chi connectivity index (χ1n) is 10.4. The largest absolute Gasteiger partial charge is 0.497 e. The van der Waals surface area contributed by atoms with Crippen LogP contribution in [0.2, 0.25) is 0 Å². The molecule has 1 saturated carbocycles. The molecule has 1 amide bonds. The van der Waals surface area contributed by atoms with Crippen molar-refractivity contribution in [3.05, 3.63) is 23.8 Å². The number of ether oxygens (including phenoxy) is 2. The molecule has 6 nitrogen and oxygen atoms in total. The Morgan fingerprint density at radius 3 is 2.46 bits per heavy atom. The van der Waals surface area contributed by atoms with Crippen molar-refractivity contribution in [2.45, 2.75) is 56.6 Å². The lowest BCUT2D eigenvalue weighted by atomic mass is 9.83. The van der Waals surface area contributed by atoms with Crippen LogP contribution in [0.5, 0.6) is 11.5 Å². The molecule has 1 aliphatic carbocycles. The van der Waals surface area contributed by atoms with Crippen molar-refractivity contribution < 1.29 is 19.4 Å². The molecule has 6 heteroatoms. The summed E-state index contributed by atoms with van der Waals surface area (Å²) in [6.45, 7) is 1.81. The van der Waals surface area contributed by atoms with Gasteiger partial charge in [-0.2, -0.15) is 0 Å². The second kappa shape index (κ2) is 9.14. The summed E-state index contributed by atoms with van der Waals surface area (Å²) < 4.78 is 10.7. The number of hydrogen-bond donors (Lipinski definition) is 1. The van der Waals surface area contributed by atoms with Gasteiger partial charge >= 0.3 is 0 Å². The molecule has 1 N–H and O–H groups in total. The summed E-state index contributed by atoms with van der Waals surface area (Å²) in [7, 11) is 5.17. The predicted molar refractivity (Wildman–Crippen MR) is 109 cm³/mol. The summed E-state index contributed by atoms with van der Waals surface area (Å²) in [6, 6.07) is 5.94. The Bertz CT molecular complexity index is 665. The SMILES string of the molecule is COc1ccc(C2(O)CCN(CC(=O)N(C)C3CCCCC3)CC2)c(OC)c1. The maximum absolute atomic E-state index is 12.7. The van der Waals surface area contributed by atoms with Crippen LogP contribution < -0.4 is 9.47 Å². The molecule has 0 atom stereocenters. The summed E-state index contributed by atoms with van der Waals surface area (Å²) >= 11 is 0. The fourth-order valence-corrected chi connectivity index (χ4v) is 4.51. The molecule has 3 rings (SSSR count). The van der Waals surface area contributed by atoms with Gasteiger partial charge in [-0.15, -0.1) is 0 Å². The zero-order valence-corrected chi connectivity index (χ0v) is 17.4. The number of methoxy groups -OCH3 is 2. The number of rotatable bonds is 6. The minimum absolute atomic E-state index is 0.194. The highest BCUT2D eigenvalue weighted by Crippen LogP contribution is 2.39. The lowest BCUT2D eigenvalue weighted by Gasteiger charge is -2.40. The van der Waals surface area contributed by atoms with Crippen LogP contribution in [-0.4, -0.2) is 67.8 Å². The van der Waals surface area contributed by atoms with E-state index in [4.69, 9.17) is 9.47 Å². The Morgan fingerprint density at radius 2 is 1.86 bits per heavy atom. The van der Waals surface area contributed by atoms with Crippen LogP contribution in [-0.2, 0) is 10.4 Å². The number of carbonyl (C=O) groups is 1. The fraction of sp³-hybridized carbons (Fsp3) is 0.682. The number of aliphatic hydroxyl groups is 1. The normalized spacial score (nSPS) is 20.6. The van der Waals surface area contributed by atoms with E-state index in [-0.39, 0.29) is 5.91 Å². The van der Waals surface area contributed by atoms with Crippen molar-refractivity contribution in [1.29, 1.82) is 0 Å². The Labute approximate surface area is 168 Å². The Morgan fingerprint density at radius 1 is 1.18 bits per heavy atom. The average Bonchev–Trinajstić information content (AvgIpc) is 2.75. The lowest BCUT2D eigenvalue weighted by molar-refractivity contribution is -0.135. The van der Waals surface area contributed by atoms with Gasteiger partial charge in [0, 0.05) is 37.8 Å². The van der Waals surface area contributed by atoms with Crippen molar-refractivity contribution in [2.75, 3.05) is 40.9 Å². The summed E-state index contributed by atoms with van der Waals surface area (Å²) in [6.07, 6.45) is 7.15. The van der Waals surface area contributed by atoms with Gasteiger partial charge in [0.05, 0.1) is 26.4 Å². The number of amides is 1. The number of likely N-dealkylation sites (tertiary alicyclic amines) is 1. The first-order chi connectivity index (χ1) is 13.5. The monoisotopic (exact) mass is 390 g/mol. The van der Waals surface area contributed by atoms with E-state index in [1.807, 2.05) is 30.1 Å². The highest BCUT2D eigenvalue weighted by molar-refractivity contribution is 5.78. The van der Waals surface area contributed by atoms with E-state index < -0.39 is 5.60 Å². The molecule has 0 spiro atoms. The number of nitrogens with zero attached hydrogens (tertiary/aromatic N) is 2. The maximum atomic E-state index is 12.7. The first-order valence-corrected chi connectivity index (χ1v) is 10.4. The van der Waals surface area contributed by atoms with Gasteiger partial charge in [-0.05, 0) is 37.8 Å². The molecular weight excluding hydrogens is 356 g/mol. The summed E-state index contributed by atoms with van der Waals surface area (Å²) in [5, 5.41) is 11.2.